The third-order valence-electron chi connectivity index (χ3n) is 0.478. The van der Waals surface area contributed by atoms with Crippen LogP contribution in [0.2, 0.25) is 0 Å². The molecule has 0 radical (unpaired) electrons. The first-order valence-electron chi connectivity index (χ1n) is 2.96. The minimum absolute atomic E-state index is 0. The lowest BCUT2D eigenvalue weighted by Gasteiger charge is -1.90. The number of alkyl halides is 2. The molecule has 0 saturated carbocycles. The Balaban J connectivity index is -0.0000000457. The molecule has 0 nitrogen and oxygen atoms in total. The van der Waals surface area contributed by atoms with Crippen LogP contribution in [0.4, 0.5) is 0 Å². The van der Waals surface area contributed by atoms with Gasteiger partial charge in [-0.15, -0.1) is 23.2 Å². The molecule has 12 heavy (non-hydrogen) atoms. The van der Waals surface area contributed by atoms with Crippen LogP contribution in [0.3, 0.4) is 0 Å². The van der Waals surface area contributed by atoms with Crippen molar-refractivity contribution in [2.75, 3.05) is 37.9 Å². The molecule has 0 rings (SSSR count). The normalized spacial score (nSPS) is 8.00. The van der Waals surface area contributed by atoms with E-state index in [-0.39, 0.29) is 40.7 Å². The fraction of sp³-hybridized carbons (Fsp3) is 1.00. The van der Waals surface area contributed by atoms with E-state index in [4.69, 9.17) is 23.2 Å². The molecule has 0 aromatic carbocycles. The summed E-state index contributed by atoms with van der Waals surface area (Å²) in [5, 5.41) is 0. The quantitative estimate of drug-likeness (QED) is 0.402. The molecule has 0 unspecified atom stereocenters. The van der Waals surface area contributed by atoms with Gasteiger partial charge in [0.1, 0.15) is 0 Å². The van der Waals surface area contributed by atoms with Gasteiger partial charge in [-0.3, -0.25) is 0 Å². The van der Waals surface area contributed by atoms with Gasteiger partial charge in [0.05, 0.1) is 0 Å². The molecular weight excluding hydrogens is 276 g/mol. The largest absolute Gasteiger partial charge is 1.00 e. The van der Waals surface area contributed by atoms with Crippen molar-refractivity contribution >= 4 is 39.0 Å². The molecular formula is C6H16Cl4P2-2. The molecule has 0 aliphatic rings. The molecule has 0 heterocycles. The average Bonchev–Trinajstić information content (AvgIpc) is 1.89. The Labute approximate surface area is 101 Å². The van der Waals surface area contributed by atoms with Crippen molar-refractivity contribution in [3.05, 3.63) is 0 Å². The van der Waals surface area contributed by atoms with Crippen molar-refractivity contribution in [3.63, 3.8) is 0 Å². The van der Waals surface area contributed by atoms with Gasteiger partial charge in [-0.05, 0) is 26.7 Å². The van der Waals surface area contributed by atoms with Crippen molar-refractivity contribution < 1.29 is 24.8 Å². The topological polar surface area (TPSA) is 0 Å². The van der Waals surface area contributed by atoms with Crippen LogP contribution in [-0.4, -0.2) is 37.9 Å². The van der Waals surface area contributed by atoms with E-state index in [9.17, 15) is 0 Å². The lowest BCUT2D eigenvalue weighted by atomic mass is 11.8. The SMILES string of the molecule is CP(C)CCl.CP(C)CCl.[Cl-].[Cl-]. The maximum absolute atomic E-state index is 5.37. The number of rotatable bonds is 2. The summed E-state index contributed by atoms with van der Waals surface area (Å²) in [6.07, 6.45) is 0. The van der Waals surface area contributed by atoms with Crippen LogP contribution >= 0.6 is 39.0 Å². The Bertz CT molecular complexity index is 53.5. The Hall–Kier alpha value is 2.02. The van der Waals surface area contributed by atoms with Crippen molar-refractivity contribution in [3.8, 4) is 0 Å². The average molecular weight is 292 g/mol. The van der Waals surface area contributed by atoms with Crippen LogP contribution in [0.1, 0.15) is 0 Å². The minimum atomic E-state index is 0. The van der Waals surface area contributed by atoms with Crippen LogP contribution < -0.4 is 24.8 Å². The summed E-state index contributed by atoms with van der Waals surface area (Å²) < 4.78 is 0. The molecule has 0 aromatic rings. The summed E-state index contributed by atoms with van der Waals surface area (Å²) in [6, 6.07) is 0. The van der Waals surface area contributed by atoms with Crippen molar-refractivity contribution in [1.29, 1.82) is 0 Å². The summed E-state index contributed by atoms with van der Waals surface area (Å²) in [6.45, 7) is 8.62. The Morgan fingerprint density at radius 1 is 0.750 bits per heavy atom. The number of hydrogen-bond donors (Lipinski definition) is 0. The van der Waals surface area contributed by atoms with Gasteiger partial charge in [0.15, 0.2) is 0 Å². The fourth-order valence-corrected chi connectivity index (χ4v) is 0. The van der Waals surface area contributed by atoms with Gasteiger partial charge in [-0.1, -0.05) is 15.8 Å². The van der Waals surface area contributed by atoms with Crippen LogP contribution in [0, 0.1) is 0 Å². The lowest BCUT2D eigenvalue weighted by Crippen LogP contribution is -3.00. The smallest absolute Gasteiger partial charge is 0.0418 e. The molecule has 0 atom stereocenters. The minimum Gasteiger partial charge on any atom is -1.00 e. The van der Waals surface area contributed by atoms with Crippen molar-refractivity contribution in [2.24, 2.45) is 0 Å². The highest BCUT2D eigenvalue weighted by molar-refractivity contribution is 7.57. The first-order valence-corrected chi connectivity index (χ1v) is 8.87. The van der Waals surface area contributed by atoms with E-state index in [1.165, 1.54) is 0 Å². The van der Waals surface area contributed by atoms with Gasteiger partial charge < -0.3 is 24.8 Å². The second-order valence-corrected chi connectivity index (χ2v) is 8.63. The Kier molecular flexibility index (Phi) is 37.0. The predicted molar refractivity (Wildman–Crippen MR) is 59.0 cm³/mol. The second-order valence-electron chi connectivity index (χ2n) is 2.40. The summed E-state index contributed by atoms with van der Waals surface area (Å²) >= 11 is 10.7. The molecule has 0 amide bonds. The zero-order chi connectivity index (χ0) is 8.57. The highest BCUT2D eigenvalue weighted by Crippen LogP contribution is 2.24. The fourth-order valence-electron chi connectivity index (χ4n) is 0. The third-order valence-corrected chi connectivity index (χ3v) is 4.30. The van der Waals surface area contributed by atoms with Crippen LogP contribution in [-0.2, 0) is 0 Å². The predicted octanol–water partition coefficient (Wildman–Crippen LogP) is -2.14. The Morgan fingerprint density at radius 3 is 0.833 bits per heavy atom. The van der Waals surface area contributed by atoms with Gasteiger partial charge in [-0.25, -0.2) is 0 Å². The molecule has 80 valence electrons. The third kappa shape index (κ3) is 40.3. The van der Waals surface area contributed by atoms with E-state index in [0.29, 0.717) is 0 Å². The Morgan fingerprint density at radius 2 is 0.833 bits per heavy atom. The van der Waals surface area contributed by atoms with E-state index in [2.05, 4.69) is 26.7 Å². The summed E-state index contributed by atoms with van der Waals surface area (Å²) in [5.41, 5.74) is 1.69. The van der Waals surface area contributed by atoms with Gasteiger partial charge >= 0.3 is 0 Å². The summed E-state index contributed by atoms with van der Waals surface area (Å²) in [4.78, 5) is 0. The lowest BCUT2D eigenvalue weighted by molar-refractivity contribution is -0.001000. The van der Waals surface area contributed by atoms with E-state index in [0.717, 1.165) is 11.2 Å². The van der Waals surface area contributed by atoms with Gasteiger partial charge in [0.2, 0.25) is 0 Å². The van der Waals surface area contributed by atoms with E-state index in [1.54, 1.807) is 0 Å². The van der Waals surface area contributed by atoms with E-state index < -0.39 is 0 Å². The van der Waals surface area contributed by atoms with Gasteiger partial charge in [0.25, 0.3) is 0 Å². The maximum Gasteiger partial charge on any atom is 0.0418 e. The molecule has 0 aliphatic heterocycles. The maximum atomic E-state index is 5.37. The van der Waals surface area contributed by atoms with Gasteiger partial charge in [-0.2, -0.15) is 0 Å². The second kappa shape index (κ2) is 18.7. The molecule has 0 fully saturated rings. The summed E-state index contributed by atoms with van der Waals surface area (Å²) in [7, 11) is 0.334. The van der Waals surface area contributed by atoms with Crippen LogP contribution in [0.15, 0.2) is 0 Å². The van der Waals surface area contributed by atoms with Crippen LogP contribution in [0.5, 0.6) is 0 Å². The monoisotopic (exact) mass is 290 g/mol. The number of hydrogen-bond acceptors (Lipinski definition) is 0. The van der Waals surface area contributed by atoms with Crippen molar-refractivity contribution in [1.82, 2.24) is 0 Å². The zero-order valence-corrected chi connectivity index (χ0v) is 12.6. The van der Waals surface area contributed by atoms with Gasteiger partial charge in [0, 0.05) is 11.2 Å². The molecule has 0 N–H and O–H groups in total. The highest BCUT2D eigenvalue weighted by atomic mass is 35.5. The first kappa shape index (κ1) is 23.7. The molecule has 0 spiro atoms. The molecule has 0 bridgehead atoms. The number of halogens is 4. The van der Waals surface area contributed by atoms with Crippen molar-refractivity contribution in [2.45, 2.75) is 0 Å². The molecule has 0 aliphatic carbocycles. The van der Waals surface area contributed by atoms with E-state index >= 15 is 0 Å². The van der Waals surface area contributed by atoms with Crippen LogP contribution in [0.25, 0.3) is 0 Å². The zero-order valence-electron chi connectivity index (χ0n) is 7.82. The molecule has 0 aromatic heterocycles. The highest BCUT2D eigenvalue weighted by Gasteiger charge is 1.80. The summed E-state index contributed by atoms with van der Waals surface area (Å²) in [5.74, 6) is 0. The molecule has 0 saturated heterocycles. The first-order chi connectivity index (χ1) is 4.54. The standard InChI is InChI=1S/2C3H8ClP.2ClH/c2*1-5(2)3-4;;/h2*3H2,1-2H3;2*1H/p-2. The molecule has 6 heteroatoms. The van der Waals surface area contributed by atoms with E-state index in [1.807, 2.05) is 0 Å².